The summed E-state index contributed by atoms with van der Waals surface area (Å²) in [5.41, 5.74) is 1.04. The van der Waals surface area contributed by atoms with Crippen LogP contribution in [0.2, 0.25) is 0 Å². The van der Waals surface area contributed by atoms with E-state index in [0.717, 1.165) is 62.9 Å². The number of carbonyl (C=O) groups excluding carboxylic acids is 2. The van der Waals surface area contributed by atoms with Gasteiger partial charge in [0.15, 0.2) is 0 Å². The van der Waals surface area contributed by atoms with Crippen LogP contribution in [0.15, 0.2) is 24.3 Å². The third-order valence-electron chi connectivity index (χ3n) is 5.85. The van der Waals surface area contributed by atoms with Crippen LogP contribution in [0.25, 0.3) is 0 Å². The lowest BCUT2D eigenvalue weighted by Crippen LogP contribution is -2.45. The van der Waals surface area contributed by atoms with Crippen molar-refractivity contribution in [3.63, 3.8) is 0 Å². The fraction of sp³-hybridized carbons (Fsp3) is 0.600. The number of ether oxygens (including phenoxy) is 1. The molecule has 2 fully saturated rings. The lowest BCUT2D eigenvalue weighted by molar-refractivity contribution is -0.143. The predicted octanol–water partition coefficient (Wildman–Crippen LogP) is 2.67. The summed E-state index contributed by atoms with van der Waals surface area (Å²) in [6.07, 6.45) is 5.90. The highest BCUT2D eigenvalue weighted by molar-refractivity contribution is 5.88. The van der Waals surface area contributed by atoms with Gasteiger partial charge in [0.1, 0.15) is 12.4 Å². The first-order valence-electron chi connectivity index (χ1n) is 9.55. The van der Waals surface area contributed by atoms with Gasteiger partial charge in [0, 0.05) is 30.5 Å². The number of para-hydroxylation sites is 1. The molecule has 25 heavy (non-hydrogen) atoms. The van der Waals surface area contributed by atoms with Crippen molar-refractivity contribution < 1.29 is 14.3 Å². The van der Waals surface area contributed by atoms with Gasteiger partial charge in [-0.25, -0.2) is 0 Å². The molecule has 2 heterocycles. The van der Waals surface area contributed by atoms with Crippen molar-refractivity contribution in [1.29, 1.82) is 0 Å². The molecule has 3 unspecified atom stereocenters. The third kappa shape index (κ3) is 3.24. The van der Waals surface area contributed by atoms with E-state index in [1.54, 1.807) is 0 Å². The number of nitrogens with one attached hydrogen (secondary N) is 1. The average molecular weight is 342 g/mol. The number of hydrogen-bond acceptors (Lipinski definition) is 3. The molecule has 1 saturated heterocycles. The highest BCUT2D eigenvalue weighted by Crippen LogP contribution is 2.35. The molecule has 2 aliphatic heterocycles. The molecule has 5 nitrogen and oxygen atoms in total. The van der Waals surface area contributed by atoms with Crippen LogP contribution in [-0.4, -0.2) is 36.4 Å². The zero-order valence-corrected chi connectivity index (χ0v) is 14.6. The van der Waals surface area contributed by atoms with E-state index in [1.165, 1.54) is 0 Å². The van der Waals surface area contributed by atoms with E-state index in [1.807, 2.05) is 29.2 Å². The van der Waals surface area contributed by atoms with Crippen molar-refractivity contribution in [2.24, 2.45) is 11.8 Å². The van der Waals surface area contributed by atoms with E-state index in [4.69, 9.17) is 4.74 Å². The van der Waals surface area contributed by atoms with E-state index >= 15 is 0 Å². The minimum absolute atomic E-state index is 0.0162. The lowest BCUT2D eigenvalue weighted by Gasteiger charge is -2.33. The van der Waals surface area contributed by atoms with Gasteiger partial charge in [0.05, 0.1) is 6.04 Å². The summed E-state index contributed by atoms with van der Waals surface area (Å²) in [6.45, 7) is 2.18. The quantitative estimate of drug-likeness (QED) is 0.919. The Morgan fingerprint density at radius 2 is 1.72 bits per heavy atom. The SMILES string of the molecule is O=C(NC1COc2ccccc21)C1CCCCC1C(=O)N1CCCC1. The first-order valence-corrected chi connectivity index (χ1v) is 9.55. The van der Waals surface area contributed by atoms with E-state index in [-0.39, 0.29) is 29.7 Å². The Hall–Kier alpha value is -2.04. The lowest BCUT2D eigenvalue weighted by atomic mass is 9.77. The van der Waals surface area contributed by atoms with Gasteiger partial charge in [-0.3, -0.25) is 9.59 Å². The monoisotopic (exact) mass is 342 g/mol. The summed E-state index contributed by atoms with van der Waals surface area (Å²) in [4.78, 5) is 27.8. The number of fused-ring (bicyclic) bond motifs is 1. The van der Waals surface area contributed by atoms with Gasteiger partial charge in [0.25, 0.3) is 0 Å². The van der Waals surface area contributed by atoms with Crippen LogP contribution in [-0.2, 0) is 9.59 Å². The van der Waals surface area contributed by atoms with Crippen molar-refractivity contribution in [3.8, 4) is 5.75 Å². The first kappa shape index (κ1) is 16.4. The van der Waals surface area contributed by atoms with Crippen LogP contribution in [0.3, 0.4) is 0 Å². The molecular weight excluding hydrogens is 316 g/mol. The topological polar surface area (TPSA) is 58.6 Å². The molecule has 1 aromatic rings. The largest absolute Gasteiger partial charge is 0.491 e. The van der Waals surface area contributed by atoms with Crippen molar-refractivity contribution >= 4 is 11.8 Å². The molecule has 3 aliphatic rings. The van der Waals surface area contributed by atoms with E-state index < -0.39 is 0 Å². The summed E-state index contributed by atoms with van der Waals surface area (Å²) in [5.74, 6) is 0.711. The number of carbonyl (C=O) groups is 2. The van der Waals surface area contributed by atoms with Crippen LogP contribution < -0.4 is 10.1 Å². The zero-order valence-electron chi connectivity index (χ0n) is 14.6. The summed E-state index contributed by atoms with van der Waals surface area (Å²) in [7, 11) is 0. The van der Waals surface area contributed by atoms with Crippen LogP contribution in [0, 0.1) is 11.8 Å². The molecule has 1 saturated carbocycles. The first-order chi connectivity index (χ1) is 12.2. The normalized spacial score (nSPS) is 28.3. The number of amides is 2. The Bertz CT molecular complexity index is 654. The Morgan fingerprint density at radius 1 is 1.00 bits per heavy atom. The van der Waals surface area contributed by atoms with Gasteiger partial charge >= 0.3 is 0 Å². The molecule has 0 spiro atoms. The summed E-state index contributed by atoms with van der Waals surface area (Å²) in [6, 6.07) is 7.73. The van der Waals surface area contributed by atoms with Crippen molar-refractivity contribution in [3.05, 3.63) is 29.8 Å². The van der Waals surface area contributed by atoms with Crippen molar-refractivity contribution in [2.45, 2.75) is 44.6 Å². The standard InChI is InChI=1S/C20H26N2O3/c23-19(21-17-13-25-18-10-4-3-9-16(17)18)14-7-1-2-8-15(14)20(24)22-11-5-6-12-22/h3-4,9-10,14-15,17H,1-2,5-8,11-13H2,(H,21,23). The van der Waals surface area contributed by atoms with E-state index in [0.29, 0.717) is 6.61 Å². The number of benzene rings is 1. The van der Waals surface area contributed by atoms with Gasteiger partial charge in [0.2, 0.25) is 11.8 Å². The smallest absolute Gasteiger partial charge is 0.226 e. The highest BCUT2D eigenvalue weighted by atomic mass is 16.5. The van der Waals surface area contributed by atoms with E-state index in [9.17, 15) is 9.59 Å². The number of likely N-dealkylation sites (tertiary alicyclic amines) is 1. The molecule has 134 valence electrons. The van der Waals surface area contributed by atoms with Crippen LogP contribution in [0.5, 0.6) is 5.75 Å². The third-order valence-corrected chi connectivity index (χ3v) is 5.85. The molecule has 2 amide bonds. The zero-order chi connectivity index (χ0) is 17.2. The van der Waals surface area contributed by atoms with Crippen LogP contribution in [0.4, 0.5) is 0 Å². The van der Waals surface area contributed by atoms with Gasteiger partial charge in [-0.1, -0.05) is 31.0 Å². The van der Waals surface area contributed by atoms with Crippen LogP contribution >= 0.6 is 0 Å². The van der Waals surface area contributed by atoms with Gasteiger partial charge < -0.3 is 15.0 Å². The maximum atomic E-state index is 13.0. The number of nitrogens with zero attached hydrogens (tertiary/aromatic N) is 1. The second-order valence-electron chi connectivity index (χ2n) is 7.44. The van der Waals surface area contributed by atoms with Crippen molar-refractivity contribution in [1.82, 2.24) is 10.2 Å². The average Bonchev–Trinajstić information content (AvgIpc) is 3.32. The minimum Gasteiger partial charge on any atom is -0.491 e. The fourth-order valence-electron chi connectivity index (χ4n) is 4.47. The van der Waals surface area contributed by atoms with Crippen LogP contribution in [0.1, 0.15) is 50.1 Å². The summed E-state index contributed by atoms with van der Waals surface area (Å²) < 4.78 is 5.66. The predicted molar refractivity (Wildman–Crippen MR) is 94.1 cm³/mol. The highest BCUT2D eigenvalue weighted by Gasteiger charge is 2.39. The Kier molecular flexibility index (Phi) is 4.64. The molecule has 0 radical (unpaired) electrons. The molecule has 0 bridgehead atoms. The maximum absolute atomic E-state index is 13.0. The number of hydrogen-bond donors (Lipinski definition) is 1. The van der Waals surface area contributed by atoms with Crippen molar-refractivity contribution in [2.75, 3.05) is 19.7 Å². The second-order valence-corrected chi connectivity index (χ2v) is 7.44. The second kappa shape index (κ2) is 7.06. The molecule has 3 atom stereocenters. The molecule has 1 aliphatic carbocycles. The van der Waals surface area contributed by atoms with Gasteiger partial charge in [-0.2, -0.15) is 0 Å². The Morgan fingerprint density at radius 3 is 2.52 bits per heavy atom. The fourth-order valence-corrected chi connectivity index (χ4v) is 4.47. The molecular formula is C20H26N2O3. The van der Waals surface area contributed by atoms with Gasteiger partial charge in [-0.05, 0) is 31.7 Å². The summed E-state index contributed by atoms with van der Waals surface area (Å²) >= 11 is 0. The van der Waals surface area contributed by atoms with E-state index in [2.05, 4.69) is 5.32 Å². The van der Waals surface area contributed by atoms with Gasteiger partial charge in [-0.15, -0.1) is 0 Å². The summed E-state index contributed by atoms with van der Waals surface area (Å²) in [5, 5.41) is 3.15. The Labute approximate surface area is 148 Å². The molecule has 5 heteroatoms. The molecule has 1 aromatic carbocycles. The Balaban J connectivity index is 1.45. The number of rotatable bonds is 3. The minimum atomic E-state index is -0.199. The molecule has 0 aromatic heterocycles. The maximum Gasteiger partial charge on any atom is 0.226 e. The molecule has 4 rings (SSSR count). The molecule has 1 N–H and O–H groups in total.